The average molecular weight is 379 g/mol. The highest BCUT2D eigenvalue weighted by Crippen LogP contribution is 2.45. The van der Waals surface area contributed by atoms with Gasteiger partial charge >= 0.3 is 0 Å². The number of pyridine rings is 1. The van der Waals surface area contributed by atoms with Crippen molar-refractivity contribution in [3.8, 4) is 0 Å². The molecule has 5 rings (SSSR count). The lowest BCUT2D eigenvalue weighted by molar-refractivity contribution is 0.0948. The molecule has 1 amide bonds. The number of nitrogens with one attached hydrogen (secondary N) is 1. The standard InChI is InChI=1S/C21H25N5O2/c1-12(11-26-8-7-13(2)24-26)10-22-20(27)16-9-17(14-3-4-14)23-21-18(16)19(25-28-21)15-5-6-15/h7-9,12,14-15H,3-6,10-11H2,1-2H3,(H,22,27). The molecular weight excluding hydrogens is 354 g/mol. The van der Waals surface area contributed by atoms with Gasteiger partial charge in [-0.3, -0.25) is 9.48 Å². The van der Waals surface area contributed by atoms with E-state index in [0.717, 1.165) is 54.7 Å². The number of hydrogen-bond donors (Lipinski definition) is 1. The zero-order valence-corrected chi connectivity index (χ0v) is 16.3. The summed E-state index contributed by atoms with van der Waals surface area (Å²) in [5, 5.41) is 12.6. The van der Waals surface area contributed by atoms with Gasteiger partial charge in [-0.2, -0.15) is 5.10 Å². The zero-order valence-electron chi connectivity index (χ0n) is 16.3. The second-order valence-electron chi connectivity index (χ2n) is 8.39. The summed E-state index contributed by atoms with van der Waals surface area (Å²) in [6.45, 7) is 5.45. The van der Waals surface area contributed by atoms with Crippen LogP contribution in [0.1, 0.15) is 71.9 Å². The molecule has 2 aliphatic carbocycles. The fourth-order valence-electron chi connectivity index (χ4n) is 3.71. The van der Waals surface area contributed by atoms with E-state index in [-0.39, 0.29) is 11.8 Å². The van der Waals surface area contributed by atoms with Crippen LogP contribution in [0.5, 0.6) is 0 Å². The van der Waals surface area contributed by atoms with E-state index in [0.29, 0.717) is 29.7 Å². The Morgan fingerprint density at radius 1 is 1.32 bits per heavy atom. The van der Waals surface area contributed by atoms with Crippen molar-refractivity contribution in [3.05, 3.63) is 41.0 Å². The molecule has 0 aromatic carbocycles. The highest BCUT2D eigenvalue weighted by Gasteiger charge is 2.34. The lowest BCUT2D eigenvalue weighted by atomic mass is 10.0. The molecule has 28 heavy (non-hydrogen) atoms. The van der Waals surface area contributed by atoms with Crippen LogP contribution < -0.4 is 5.32 Å². The number of hydrogen-bond acceptors (Lipinski definition) is 5. The summed E-state index contributed by atoms with van der Waals surface area (Å²) in [4.78, 5) is 17.7. The fraction of sp³-hybridized carbons (Fsp3) is 0.524. The molecule has 0 saturated heterocycles. The summed E-state index contributed by atoms with van der Waals surface area (Å²) in [7, 11) is 0. The maximum absolute atomic E-state index is 13.1. The van der Waals surface area contributed by atoms with Crippen molar-refractivity contribution < 1.29 is 9.32 Å². The predicted octanol–water partition coefficient (Wildman–Crippen LogP) is 3.55. The highest BCUT2D eigenvalue weighted by molar-refractivity contribution is 6.06. The third-order valence-corrected chi connectivity index (χ3v) is 5.58. The van der Waals surface area contributed by atoms with E-state index < -0.39 is 0 Å². The maximum Gasteiger partial charge on any atom is 0.259 e. The first-order valence-electron chi connectivity index (χ1n) is 10.2. The molecule has 3 aromatic rings. The van der Waals surface area contributed by atoms with Crippen LogP contribution in [0.2, 0.25) is 0 Å². The van der Waals surface area contributed by atoms with Crippen molar-refractivity contribution >= 4 is 17.0 Å². The summed E-state index contributed by atoms with van der Waals surface area (Å²) in [6, 6.07) is 3.95. The van der Waals surface area contributed by atoms with E-state index in [4.69, 9.17) is 4.52 Å². The lowest BCUT2D eigenvalue weighted by Crippen LogP contribution is -2.30. The van der Waals surface area contributed by atoms with E-state index in [1.54, 1.807) is 0 Å². The van der Waals surface area contributed by atoms with Crippen LogP contribution in [0.25, 0.3) is 11.1 Å². The highest BCUT2D eigenvalue weighted by atomic mass is 16.5. The quantitative estimate of drug-likeness (QED) is 0.678. The zero-order chi connectivity index (χ0) is 19.3. The number of rotatable bonds is 7. The predicted molar refractivity (Wildman–Crippen MR) is 104 cm³/mol. The number of nitrogens with zero attached hydrogens (tertiary/aromatic N) is 4. The Labute approximate surface area is 163 Å². The number of aryl methyl sites for hydroxylation is 1. The lowest BCUT2D eigenvalue weighted by Gasteiger charge is -2.13. The van der Waals surface area contributed by atoms with Crippen molar-refractivity contribution in [3.63, 3.8) is 0 Å². The van der Waals surface area contributed by atoms with Crippen LogP contribution in [0, 0.1) is 12.8 Å². The Bertz CT molecular complexity index is 1030. The molecule has 7 nitrogen and oxygen atoms in total. The molecule has 0 radical (unpaired) electrons. The monoisotopic (exact) mass is 379 g/mol. The third kappa shape index (κ3) is 3.41. The molecule has 3 aromatic heterocycles. The normalized spacial score (nSPS) is 17.8. The van der Waals surface area contributed by atoms with Crippen LogP contribution in [-0.2, 0) is 6.54 Å². The molecule has 7 heteroatoms. The third-order valence-electron chi connectivity index (χ3n) is 5.58. The van der Waals surface area contributed by atoms with E-state index in [9.17, 15) is 4.79 Å². The maximum atomic E-state index is 13.1. The molecule has 1 unspecified atom stereocenters. The summed E-state index contributed by atoms with van der Waals surface area (Å²) in [6.07, 6.45) is 6.44. The van der Waals surface area contributed by atoms with Crippen molar-refractivity contribution in [2.45, 2.75) is 57.9 Å². The molecule has 1 atom stereocenters. The smallest absolute Gasteiger partial charge is 0.259 e. The largest absolute Gasteiger partial charge is 0.352 e. The van der Waals surface area contributed by atoms with Gasteiger partial charge in [0, 0.05) is 36.8 Å². The van der Waals surface area contributed by atoms with Crippen LogP contribution >= 0.6 is 0 Å². The molecule has 1 N–H and O–H groups in total. The molecule has 0 bridgehead atoms. The fourth-order valence-corrected chi connectivity index (χ4v) is 3.71. The number of carbonyl (C=O) groups excluding carboxylic acids is 1. The van der Waals surface area contributed by atoms with Crippen molar-refractivity contribution in [2.75, 3.05) is 6.54 Å². The van der Waals surface area contributed by atoms with Crippen molar-refractivity contribution in [2.24, 2.45) is 5.92 Å². The van der Waals surface area contributed by atoms with Gasteiger partial charge < -0.3 is 9.84 Å². The van der Waals surface area contributed by atoms with E-state index >= 15 is 0 Å². The molecule has 2 saturated carbocycles. The molecule has 2 aliphatic rings. The number of aromatic nitrogens is 4. The van der Waals surface area contributed by atoms with Gasteiger partial charge in [0.15, 0.2) is 0 Å². The first-order chi connectivity index (χ1) is 13.6. The topological polar surface area (TPSA) is 85.8 Å². The van der Waals surface area contributed by atoms with Crippen LogP contribution in [-0.4, -0.2) is 32.4 Å². The average Bonchev–Trinajstić information content (AvgIpc) is 3.61. The van der Waals surface area contributed by atoms with Crippen molar-refractivity contribution in [1.82, 2.24) is 25.2 Å². The van der Waals surface area contributed by atoms with Crippen LogP contribution in [0.15, 0.2) is 22.9 Å². The van der Waals surface area contributed by atoms with Gasteiger partial charge in [0.1, 0.15) is 0 Å². The van der Waals surface area contributed by atoms with Crippen molar-refractivity contribution in [1.29, 1.82) is 0 Å². The summed E-state index contributed by atoms with van der Waals surface area (Å²) < 4.78 is 7.44. The van der Waals surface area contributed by atoms with Crippen LogP contribution in [0.3, 0.4) is 0 Å². The van der Waals surface area contributed by atoms with Gasteiger partial charge in [-0.15, -0.1) is 0 Å². The van der Waals surface area contributed by atoms with Gasteiger partial charge in [-0.25, -0.2) is 4.98 Å². The minimum atomic E-state index is -0.0668. The Hall–Kier alpha value is -2.70. The Balaban J connectivity index is 1.36. The van der Waals surface area contributed by atoms with Gasteiger partial charge in [-0.1, -0.05) is 12.1 Å². The van der Waals surface area contributed by atoms with Gasteiger partial charge in [0.05, 0.1) is 22.3 Å². The number of fused-ring (bicyclic) bond motifs is 1. The van der Waals surface area contributed by atoms with E-state index in [1.165, 1.54) is 0 Å². The molecule has 146 valence electrons. The molecule has 0 spiro atoms. The second kappa shape index (κ2) is 6.72. The Kier molecular flexibility index (Phi) is 4.18. The van der Waals surface area contributed by atoms with E-state index in [1.807, 2.05) is 29.9 Å². The number of amides is 1. The van der Waals surface area contributed by atoms with Gasteiger partial charge in [-0.05, 0) is 50.7 Å². The molecule has 0 aliphatic heterocycles. The first kappa shape index (κ1) is 17.4. The van der Waals surface area contributed by atoms with Gasteiger partial charge in [0.2, 0.25) is 0 Å². The summed E-state index contributed by atoms with van der Waals surface area (Å²) >= 11 is 0. The molecular formula is C21H25N5O2. The Morgan fingerprint density at radius 3 is 2.79 bits per heavy atom. The van der Waals surface area contributed by atoms with Gasteiger partial charge in [0.25, 0.3) is 11.6 Å². The molecule has 2 fully saturated rings. The van der Waals surface area contributed by atoms with E-state index in [2.05, 4.69) is 27.5 Å². The first-order valence-corrected chi connectivity index (χ1v) is 10.2. The summed E-state index contributed by atoms with van der Waals surface area (Å²) in [5.41, 5.74) is 4.03. The SMILES string of the molecule is Cc1ccn(CC(C)CNC(=O)c2cc(C3CC3)nc3onc(C4CC4)c23)n1. The molecule has 3 heterocycles. The minimum Gasteiger partial charge on any atom is -0.352 e. The summed E-state index contributed by atoms with van der Waals surface area (Å²) in [5.74, 6) is 1.06. The second-order valence-corrected chi connectivity index (χ2v) is 8.39. The number of carbonyl (C=O) groups is 1. The minimum absolute atomic E-state index is 0.0668. The van der Waals surface area contributed by atoms with Crippen LogP contribution in [0.4, 0.5) is 0 Å². The Morgan fingerprint density at radius 2 is 2.11 bits per heavy atom.